The van der Waals surface area contributed by atoms with E-state index in [1.807, 2.05) is 0 Å². The minimum atomic E-state index is -1.24. The summed E-state index contributed by atoms with van der Waals surface area (Å²) in [7, 11) is 0. The van der Waals surface area contributed by atoms with Crippen LogP contribution in [0, 0.1) is 10.1 Å². The molecule has 0 radical (unpaired) electrons. The highest BCUT2D eigenvalue weighted by Gasteiger charge is 2.24. The first-order chi connectivity index (χ1) is 9.99. The smallest absolute Gasteiger partial charge is 0.337 e. The van der Waals surface area contributed by atoms with Crippen molar-refractivity contribution in [2.24, 2.45) is 0 Å². The van der Waals surface area contributed by atoms with Gasteiger partial charge in [-0.25, -0.2) is 4.79 Å². The van der Waals surface area contributed by atoms with Crippen molar-refractivity contribution in [3.8, 4) is 0 Å². The van der Waals surface area contributed by atoms with Crippen LogP contribution in [0.5, 0.6) is 0 Å². The highest BCUT2D eigenvalue weighted by Crippen LogP contribution is 2.28. The predicted molar refractivity (Wildman–Crippen MR) is 78.8 cm³/mol. The van der Waals surface area contributed by atoms with Crippen molar-refractivity contribution in [3.63, 3.8) is 0 Å². The summed E-state index contributed by atoms with van der Waals surface area (Å²) in [6, 6.07) is 3.31. The first-order valence-corrected chi connectivity index (χ1v) is 7.48. The van der Waals surface area contributed by atoms with E-state index in [4.69, 9.17) is 5.11 Å². The average molecular weight is 310 g/mol. The van der Waals surface area contributed by atoms with Gasteiger partial charge in [-0.2, -0.15) is 0 Å². The van der Waals surface area contributed by atoms with E-state index >= 15 is 0 Å². The van der Waals surface area contributed by atoms with Crippen LogP contribution in [-0.2, 0) is 4.79 Å². The molecule has 0 bridgehead atoms. The molecule has 21 heavy (non-hydrogen) atoms. The minimum absolute atomic E-state index is 0.0344. The van der Waals surface area contributed by atoms with Crippen molar-refractivity contribution < 1.29 is 19.6 Å². The van der Waals surface area contributed by atoms with Crippen LogP contribution in [0.25, 0.3) is 0 Å². The van der Waals surface area contributed by atoms with Gasteiger partial charge in [0.05, 0.1) is 21.4 Å². The maximum absolute atomic E-state index is 12.1. The Bertz CT molecular complexity index is 584. The number of rotatable bonds is 4. The molecule has 2 rings (SSSR count). The van der Waals surface area contributed by atoms with E-state index in [1.54, 1.807) is 0 Å². The van der Waals surface area contributed by atoms with Crippen LogP contribution < -0.4 is 5.32 Å². The Kier molecular flexibility index (Phi) is 4.79. The number of anilines is 1. The molecule has 1 amide bonds. The number of thioether (sulfide) groups is 1. The van der Waals surface area contributed by atoms with Crippen LogP contribution in [0.4, 0.5) is 11.4 Å². The fourth-order valence-electron chi connectivity index (χ4n) is 2.10. The average Bonchev–Trinajstić information content (AvgIpc) is 2.47. The molecule has 2 N–H and O–H groups in total. The summed E-state index contributed by atoms with van der Waals surface area (Å²) in [5.74, 6) is -0.655. The standard InChI is InChI=1S/C13H14N2O5S/c16-12(11-3-1-2-6-21-11)14-10-7-8(15(19)20)4-5-9(10)13(17)18/h4-5,7,11H,1-3,6H2,(H,14,16)(H,17,18). The lowest BCUT2D eigenvalue weighted by molar-refractivity contribution is -0.384. The van der Waals surface area contributed by atoms with Crippen LogP contribution in [-0.4, -0.2) is 32.9 Å². The van der Waals surface area contributed by atoms with Gasteiger partial charge in [0.15, 0.2) is 0 Å². The van der Waals surface area contributed by atoms with E-state index in [9.17, 15) is 19.7 Å². The molecule has 0 saturated carbocycles. The molecule has 0 spiro atoms. The summed E-state index contributed by atoms with van der Waals surface area (Å²) >= 11 is 1.52. The topological polar surface area (TPSA) is 110 Å². The van der Waals surface area contributed by atoms with Gasteiger partial charge in [0.25, 0.3) is 5.69 Å². The summed E-state index contributed by atoms with van der Waals surface area (Å²) in [5, 5.41) is 22.1. The second kappa shape index (κ2) is 6.57. The van der Waals surface area contributed by atoms with Gasteiger partial charge in [0.1, 0.15) is 0 Å². The molecule has 1 unspecified atom stereocenters. The summed E-state index contributed by atoms with van der Waals surface area (Å²) in [4.78, 5) is 33.4. The second-order valence-corrected chi connectivity index (χ2v) is 5.95. The zero-order valence-electron chi connectivity index (χ0n) is 11.1. The van der Waals surface area contributed by atoms with E-state index in [0.29, 0.717) is 0 Å². The monoisotopic (exact) mass is 310 g/mol. The number of carbonyl (C=O) groups excluding carboxylic acids is 1. The number of nitrogens with one attached hydrogen (secondary N) is 1. The number of nitro groups is 1. The van der Waals surface area contributed by atoms with Gasteiger partial charge in [-0.1, -0.05) is 6.42 Å². The molecule has 1 aliphatic heterocycles. The van der Waals surface area contributed by atoms with Gasteiger partial charge in [-0.15, -0.1) is 11.8 Å². The highest BCUT2D eigenvalue weighted by molar-refractivity contribution is 8.00. The molecule has 8 heteroatoms. The molecule has 1 fully saturated rings. The molecule has 1 heterocycles. The fourth-order valence-corrected chi connectivity index (χ4v) is 3.30. The summed E-state index contributed by atoms with van der Waals surface area (Å²) in [6.07, 6.45) is 2.74. The number of benzene rings is 1. The van der Waals surface area contributed by atoms with Crippen molar-refractivity contribution in [2.75, 3.05) is 11.1 Å². The van der Waals surface area contributed by atoms with Crippen molar-refractivity contribution in [1.82, 2.24) is 0 Å². The lowest BCUT2D eigenvalue weighted by Crippen LogP contribution is -2.28. The Hall–Kier alpha value is -2.09. The number of non-ortho nitro benzene ring substituents is 1. The molecule has 1 aliphatic rings. The maximum Gasteiger partial charge on any atom is 0.337 e. The molecule has 1 saturated heterocycles. The van der Waals surface area contributed by atoms with Gasteiger partial charge in [0.2, 0.25) is 5.91 Å². The Morgan fingerprint density at radius 1 is 1.38 bits per heavy atom. The Balaban J connectivity index is 2.23. The van der Waals surface area contributed by atoms with E-state index < -0.39 is 10.9 Å². The van der Waals surface area contributed by atoms with Crippen molar-refractivity contribution in [1.29, 1.82) is 0 Å². The number of amides is 1. The first-order valence-electron chi connectivity index (χ1n) is 6.43. The Morgan fingerprint density at radius 2 is 2.14 bits per heavy atom. The van der Waals surface area contributed by atoms with Gasteiger partial charge in [-0.05, 0) is 24.7 Å². The molecular weight excluding hydrogens is 296 g/mol. The van der Waals surface area contributed by atoms with Crippen LogP contribution in [0.3, 0.4) is 0 Å². The summed E-state index contributed by atoms with van der Waals surface area (Å²) < 4.78 is 0. The maximum atomic E-state index is 12.1. The van der Waals surface area contributed by atoms with Gasteiger partial charge in [0, 0.05) is 12.1 Å². The molecule has 1 aromatic carbocycles. The number of carboxylic acid groups (broad SMARTS) is 1. The Morgan fingerprint density at radius 3 is 2.71 bits per heavy atom. The lowest BCUT2D eigenvalue weighted by Gasteiger charge is -2.20. The normalized spacial score (nSPS) is 18.0. The summed E-state index contributed by atoms with van der Waals surface area (Å²) in [5.41, 5.74) is -0.450. The number of nitrogens with zero attached hydrogens (tertiary/aromatic N) is 1. The SMILES string of the molecule is O=C(O)c1ccc([N+](=O)[O-])cc1NC(=O)C1CCCCS1. The van der Waals surface area contributed by atoms with E-state index in [1.165, 1.54) is 11.8 Å². The number of carboxylic acids is 1. The number of hydrogen-bond acceptors (Lipinski definition) is 5. The zero-order valence-corrected chi connectivity index (χ0v) is 11.9. The minimum Gasteiger partial charge on any atom is -0.478 e. The third-order valence-corrected chi connectivity index (χ3v) is 4.55. The largest absolute Gasteiger partial charge is 0.478 e. The molecular formula is C13H14N2O5S. The molecule has 0 aromatic heterocycles. The molecule has 112 valence electrons. The number of nitro benzene ring substituents is 1. The highest BCUT2D eigenvalue weighted by atomic mass is 32.2. The van der Waals surface area contributed by atoms with Crippen LogP contribution in [0.15, 0.2) is 18.2 Å². The fraction of sp³-hybridized carbons (Fsp3) is 0.385. The molecule has 1 aromatic rings. The third-order valence-electron chi connectivity index (χ3n) is 3.17. The number of carbonyl (C=O) groups is 2. The lowest BCUT2D eigenvalue weighted by atomic mass is 10.1. The summed E-state index contributed by atoms with van der Waals surface area (Å²) in [6.45, 7) is 0. The predicted octanol–water partition coefficient (Wildman–Crippen LogP) is 2.52. The zero-order chi connectivity index (χ0) is 15.4. The van der Waals surface area contributed by atoms with Crippen LogP contribution in [0.2, 0.25) is 0 Å². The molecule has 0 aliphatic carbocycles. The van der Waals surface area contributed by atoms with Gasteiger partial charge < -0.3 is 10.4 Å². The third kappa shape index (κ3) is 3.72. The van der Waals surface area contributed by atoms with Crippen molar-refractivity contribution >= 4 is 35.0 Å². The van der Waals surface area contributed by atoms with Crippen LogP contribution in [0.1, 0.15) is 29.6 Å². The quantitative estimate of drug-likeness (QED) is 0.653. The van der Waals surface area contributed by atoms with Crippen LogP contribution >= 0.6 is 11.8 Å². The first kappa shape index (κ1) is 15.3. The van der Waals surface area contributed by atoms with E-state index in [2.05, 4.69) is 5.32 Å². The number of aromatic carboxylic acids is 1. The van der Waals surface area contributed by atoms with E-state index in [0.717, 1.165) is 43.2 Å². The molecule has 1 atom stereocenters. The van der Waals surface area contributed by atoms with E-state index in [-0.39, 0.29) is 28.1 Å². The second-order valence-electron chi connectivity index (χ2n) is 4.64. The Labute approximate surface area is 124 Å². The van der Waals surface area contributed by atoms with Gasteiger partial charge in [-0.3, -0.25) is 14.9 Å². The van der Waals surface area contributed by atoms with Gasteiger partial charge >= 0.3 is 5.97 Å². The van der Waals surface area contributed by atoms with Crippen molar-refractivity contribution in [2.45, 2.75) is 24.5 Å². The van der Waals surface area contributed by atoms with Crippen molar-refractivity contribution in [3.05, 3.63) is 33.9 Å². The molecule has 7 nitrogen and oxygen atoms in total. The number of hydrogen-bond donors (Lipinski definition) is 2.